The molecule has 0 aliphatic rings. The highest BCUT2D eigenvalue weighted by Crippen LogP contribution is 2.26. The SMILES string of the molecule is CC(C)(C)NS(=O)(=O)c1c(Cl)nc2sccn12. The molecule has 0 bridgehead atoms. The lowest BCUT2D eigenvalue weighted by Gasteiger charge is -2.19. The monoisotopic (exact) mass is 293 g/mol. The Morgan fingerprint density at radius 2 is 2.12 bits per heavy atom. The molecule has 0 spiro atoms. The van der Waals surface area contributed by atoms with Crippen molar-refractivity contribution in [1.29, 1.82) is 0 Å². The van der Waals surface area contributed by atoms with Gasteiger partial charge in [-0.1, -0.05) is 11.6 Å². The fraction of sp³-hybridized carbons (Fsp3) is 0.444. The van der Waals surface area contributed by atoms with Crippen molar-refractivity contribution in [2.24, 2.45) is 0 Å². The van der Waals surface area contributed by atoms with E-state index in [1.165, 1.54) is 15.7 Å². The summed E-state index contributed by atoms with van der Waals surface area (Å²) in [4.78, 5) is 4.56. The number of fused-ring (bicyclic) bond motifs is 1. The molecule has 0 saturated heterocycles. The molecule has 0 aliphatic carbocycles. The van der Waals surface area contributed by atoms with Crippen LogP contribution >= 0.6 is 22.9 Å². The Morgan fingerprint density at radius 3 is 2.71 bits per heavy atom. The van der Waals surface area contributed by atoms with Gasteiger partial charge in [0.1, 0.15) is 0 Å². The van der Waals surface area contributed by atoms with Gasteiger partial charge in [0, 0.05) is 17.1 Å². The van der Waals surface area contributed by atoms with Crippen molar-refractivity contribution in [3.8, 4) is 0 Å². The van der Waals surface area contributed by atoms with E-state index < -0.39 is 15.6 Å². The van der Waals surface area contributed by atoms with Gasteiger partial charge in [-0.05, 0) is 20.8 Å². The summed E-state index contributed by atoms with van der Waals surface area (Å²) in [5, 5.41) is 1.74. The van der Waals surface area contributed by atoms with Gasteiger partial charge in [0.05, 0.1) is 0 Å². The molecule has 0 amide bonds. The average Bonchev–Trinajstić information content (AvgIpc) is 2.56. The van der Waals surface area contributed by atoms with Crippen LogP contribution in [0, 0.1) is 0 Å². The summed E-state index contributed by atoms with van der Waals surface area (Å²) in [6.07, 6.45) is 1.64. The molecule has 2 aromatic heterocycles. The normalized spacial score (nSPS) is 13.4. The summed E-state index contributed by atoms with van der Waals surface area (Å²) in [7, 11) is -3.68. The van der Waals surface area contributed by atoms with E-state index in [2.05, 4.69) is 9.71 Å². The predicted molar refractivity (Wildman–Crippen MR) is 68.2 cm³/mol. The van der Waals surface area contributed by atoms with E-state index in [1.54, 1.807) is 32.3 Å². The second-order valence-electron chi connectivity index (χ2n) is 4.62. The zero-order valence-corrected chi connectivity index (χ0v) is 11.9. The third kappa shape index (κ3) is 2.47. The molecule has 5 nitrogen and oxygen atoms in total. The number of sulfonamides is 1. The van der Waals surface area contributed by atoms with E-state index in [0.29, 0.717) is 4.96 Å². The molecule has 2 rings (SSSR count). The lowest BCUT2D eigenvalue weighted by atomic mass is 10.1. The molecule has 1 N–H and O–H groups in total. The molecule has 0 aliphatic heterocycles. The summed E-state index contributed by atoms with van der Waals surface area (Å²) in [5.74, 6) is 0. The highest BCUT2D eigenvalue weighted by atomic mass is 35.5. The minimum absolute atomic E-state index is 0.00593. The van der Waals surface area contributed by atoms with Crippen LogP contribution < -0.4 is 4.72 Å². The van der Waals surface area contributed by atoms with Crippen LogP contribution in [0.2, 0.25) is 5.15 Å². The number of hydrogen-bond donors (Lipinski definition) is 1. The topological polar surface area (TPSA) is 63.5 Å². The summed E-state index contributed by atoms with van der Waals surface area (Å²) in [6.45, 7) is 5.30. The molecule has 0 fully saturated rings. The predicted octanol–water partition coefficient (Wildman–Crippen LogP) is 2.13. The number of thiazole rings is 1. The summed E-state index contributed by atoms with van der Waals surface area (Å²) >= 11 is 7.21. The van der Waals surface area contributed by atoms with Crippen LogP contribution in [0.1, 0.15) is 20.8 Å². The molecule has 0 radical (unpaired) electrons. The van der Waals surface area contributed by atoms with Gasteiger partial charge in [0.25, 0.3) is 10.0 Å². The van der Waals surface area contributed by atoms with E-state index in [0.717, 1.165) is 0 Å². The third-order valence-corrected chi connectivity index (χ3v) is 4.79. The van der Waals surface area contributed by atoms with Crippen LogP contribution in [-0.4, -0.2) is 23.3 Å². The first-order valence-electron chi connectivity index (χ1n) is 4.86. The van der Waals surface area contributed by atoms with E-state index >= 15 is 0 Å². The molecular formula is C9H12ClN3O2S2. The number of rotatable bonds is 2. The molecule has 0 aromatic carbocycles. The Labute approximate surface area is 108 Å². The molecular weight excluding hydrogens is 282 g/mol. The van der Waals surface area contributed by atoms with Gasteiger partial charge in [0.2, 0.25) is 0 Å². The van der Waals surface area contributed by atoms with Crippen LogP contribution in [0.3, 0.4) is 0 Å². The van der Waals surface area contributed by atoms with Crippen LogP contribution in [0.25, 0.3) is 4.96 Å². The average molecular weight is 294 g/mol. The number of nitrogens with one attached hydrogen (secondary N) is 1. The standard InChI is InChI=1S/C9H12ClN3O2S2/c1-9(2,3)12-17(14,15)7-6(10)11-8-13(7)4-5-16-8/h4-5,12H,1-3H3. The van der Waals surface area contributed by atoms with Crippen molar-refractivity contribution >= 4 is 37.9 Å². The van der Waals surface area contributed by atoms with E-state index in [1.807, 2.05) is 0 Å². The minimum Gasteiger partial charge on any atom is -0.279 e. The Hall–Kier alpha value is -0.630. The van der Waals surface area contributed by atoms with Gasteiger partial charge in [-0.25, -0.2) is 18.1 Å². The first-order chi connectivity index (χ1) is 7.71. The Balaban J connectivity index is 2.59. The molecule has 94 valence electrons. The van der Waals surface area contributed by atoms with Crippen molar-refractivity contribution in [2.75, 3.05) is 0 Å². The highest BCUT2D eigenvalue weighted by molar-refractivity contribution is 7.89. The quantitative estimate of drug-likeness (QED) is 0.922. The highest BCUT2D eigenvalue weighted by Gasteiger charge is 2.28. The summed E-state index contributed by atoms with van der Waals surface area (Å²) in [6, 6.07) is 0. The number of imidazole rings is 1. The van der Waals surface area contributed by atoms with Gasteiger partial charge in [-0.15, -0.1) is 11.3 Å². The molecule has 8 heteroatoms. The van der Waals surface area contributed by atoms with Crippen molar-refractivity contribution in [3.05, 3.63) is 16.7 Å². The zero-order chi connectivity index (χ0) is 12.8. The lowest BCUT2D eigenvalue weighted by Crippen LogP contribution is -2.41. The Morgan fingerprint density at radius 1 is 1.47 bits per heavy atom. The van der Waals surface area contributed by atoms with Crippen LogP contribution in [0.4, 0.5) is 0 Å². The fourth-order valence-electron chi connectivity index (χ4n) is 1.43. The second kappa shape index (κ2) is 3.94. The Bertz CT molecular complexity index is 651. The van der Waals surface area contributed by atoms with Crippen LogP contribution in [-0.2, 0) is 10.0 Å². The molecule has 2 heterocycles. The van der Waals surface area contributed by atoms with E-state index in [9.17, 15) is 8.42 Å². The van der Waals surface area contributed by atoms with Crippen molar-refractivity contribution in [3.63, 3.8) is 0 Å². The number of hydrogen-bond acceptors (Lipinski definition) is 4. The fourth-order valence-corrected chi connectivity index (χ4v) is 4.30. The molecule has 0 saturated carbocycles. The smallest absolute Gasteiger partial charge is 0.260 e. The minimum atomic E-state index is -3.68. The zero-order valence-electron chi connectivity index (χ0n) is 9.56. The van der Waals surface area contributed by atoms with Gasteiger partial charge in [-0.3, -0.25) is 4.40 Å². The van der Waals surface area contributed by atoms with E-state index in [4.69, 9.17) is 11.6 Å². The summed E-state index contributed by atoms with van der Waals surface area (Å²) < 4.78 is 28.4. The van der Waals surface area contributed by atoms with Crippen molar-refractivity contribution in [2.45, 2.75) is 31.3 Å². The number of aromatic nitrogens is 2. The van der Waals surface area contributed by atoms with Gasteiger partial charge in [0.15, 0.2) is 15.1 Å². The maximum atomic E-state index is 12.2. The van der Waals surface area contributed by atoms with Crippen LogP contribution in [0.5, 0.6) is 0 Å². The largest absolute Gasteiger partial charge is 0.279 e. The molecule has 2 aromatic rings. The summed E-state index contributed by atoms with van der Waals surface area (Å²) in [5.41, 5.74) is -0.567. The number of halogens is 1. The first kappa shape index (κ1) is 12.8. The van der Waals surface area contributed by atoms with E-state index in [-0.39, 0.29) is 10.2 Å². The maximum Gasteiger partial charge on any atom is 0.260 e. The van der Waals surface area contributed by atoms with Crippen molar-refractivity contribution in [1.82, 2.24) is 14.1 Å². The first-order valence-corrected chi connectivity index (χ1v) is 7.60. The van der Waals surface area contributed by atoms with Gasteiger partial charge in [-0.2, -0.15) is 0 Å². The van der Waals surface area contributed by atoms with Gasteiger partial charge < -0.3 is 0 Å². The van der Waals surface area contributed by atoms with Gasteiger partial charge >= 0.3 is 0 Å². The van der Waals surface area contributed by atoms with Crippen LogP contribution in [0.15, 0.2) is 16.6 Å². The number of nitrogens with zero attached hydrogens (tertiary/aromatic N) is 2. The maximum absolute atomic E-state index is 12.2. The molecule has 0 unspecified atom stereocenters. The molecule has 0 atom stereocenters. The third-order valence-electron chi connectivity index (χ3n) is 1.87. The van der Waals surface area contributed by atoms with Crippen molar-refractivity contribution < 1.29 is 8.42 Å². The Kier molecular flexibility index (Phi) is 2.97. The molecule has 17 heavy (non-hydrogen) atoms. The second-order valence-corrected chi connectivity index (χ2v) is 7.45. The lowest BCUT2D eigenvalue weighted by molar-refractivity contribution is 0.489.